The van der Waals surface area contributed by atoms with Crippen LogP contribution in [0.25, 0.3) is 10.2 Å². The molecule has 0 bridgehead atoms. The van der Waals surface area contributed by atoms with E-state index in [-0.39, 0.29) is 11.5 Å². The zero-order valence-corrected chi connectivity index (χ0v) is 15.2. The maximum Gasteiger partial charge on any atom is 0.333 e. The number of benzene rings is 1. The van der Waals surface area contributed by atoms with Crippen LogP contribution in [0.15, 0.2) is 43.0 Å². The summed E-state index contributed by atoms with van der Waals surface area (Å²) in [6, 6.07) is 7.27. The third-order valence-electron chi connectivity index (χ3n) is 4.78. The third-order valence-corrected chi connectivity index (χ3v) is 5.87. The number of imidazole rings is 1. The zero-order valence-electron chi connectivity index (χ0n) is 14.4. The Morgan fingerprint density at radius 1 is 1.32 bits per heavy atom. The first-order valence-corrected chi connectivity index (χ1v) is 9.44. The summed E-state index contributed by atoms with van der Waals surface area (Å²) < 4.78 is 27.2. The molecule has 1 aromatic carbocycles. The zero-order chi connectivity index (χ0) is 19.3. The number of amides is 1. The number of nitrogens with one attached hydrogen (secondary N) is 1. The van der Waals surface area contributed by atoms with E-state index in [0.717, 1.165) is 32.8 Å². The summed E-state index contributed by atoms with van der Waals surface area (Å²) in [5.74, 6) is -0.371. The number of carbonyl (C=O) groups is 1. The van der Waals surface area contributed by atoms with Crippen LogP contribution in [0.3, 0.4) is 0 Å². The normalized spacial score (nSPS) is 16.7. The lowest BCUT2D eigenvalue weighted by Crippen LogP contribution is -2.40. The Balaban J connectivity index is 1.58. The van der Waals surface area contributed by atoms with Crippen molar-refractivity contribution in [1.29, 1.82) is 0 Å². The Morgan fingerprint density at radius 2 is 2.18 bits per heavy atom. The Hall–Kier alpha value is -3.14. The first-order chi connectivity index (χ1) is 13.6. The summed E-state index contributed by atoms with van der Waals surface area (Å²) in [7, 11) is 0. The molecule has 5 rings (SSSR count). The molecule has 1 atom stereocenters. The second kappa shape index (κ2) is 6.48. The van der Waals surface area contributed by atoms with Gasteiger partial charge in [0.05, 0.1) is 34.0 Å². The van der Waals surface area contributed by atoms with Crippen LogP contribution in [0.2, 0.25) is 0 Å². The topological polar surface area (TPSA) is 79.7 Å². The summed E-state index contributed by atoms with van der Waals surface area (Å²) in [6.07, 6.45) is 4.45. The Bertz CT molecular complexity index is 1130. The summed E-state index contributed by atoms with van der Waals surface area (Å²) in [5, 5.41) is 4.32. The van der Waals surface area contributed by atoms with E-state index in [1.165, 1.54) is 17.5 Å². The molecule has 3 aromatic heterocycles. The number of hydrogen-bond acceptors (Lipinski definition) is 5. The van der Waals surface area contributed by atoms with Crippen molar-refractivity contribution in [2.45, 2.75) is 19.0 Å². The summed E-state index contributed by atoms with van der Waals surface area (Å²) >= 11 is 1.50. The van der Waals surface area contributed by atoms with Gasteiger partial charge in [-0.15, -0.1) is 11.3 Å². The molecule has 0 unspecified atom stereocenters. The van der Waals surface area contributed by atoms with Crippen molar-refractivity contribution in [3.05, 3.63) is 64.9 Å². The van der Waals surface area contributed by atoms with Crippen LogP contribution in [-0.2, 0) is 6.42 Å². The van der Waals surface area contributed by atoms with Gasteiger partial charge in [-0.2, -0.15) is 13.9 Å². The van der Waals surface area contributed by atoms with E-state index in [0.29, 0.717) is 17.6 Å². The quantitative estimate of drug-likeness (QED) is 0.572. The van der Waals surface area contributed by atoms with Crippen LogP contribution in [0.5, 0.6) is 0 Å². The van der Waals surface area contributed by atoms with Gasteiger partial charge in [0.25, 0.3) is 5.91 Å². The van der Waals surface area contributed by atoms with Crippen LogP contribution in [0.4, 0.5) is 8.78 Å². The maximum absolute atomic E-state index is 13.1. The fraction of sp³-hybridized carbons (Fsp3) is 0.222. The van der Waals surface area contributed by atoms with E-state index in [9.17, 15) is 13.6 Å². The van der Waals surface area contributed by atoms with Gasteiger partial charge in [0.2, 0.25) is 0 Å². The first kappa shape index (κ1) is 17.0. The largest absolute Gasteiger partial charge is 0.348 e. The highest BCUT2D eigenvalue weighted by Crippen LogP contribution is 2.38. The highest BCUT2D eigenvalue weighted by atomic mass is 32.1. The second-order valence-corrected chi connectivity index (χ2v) is 7.49. The lowest BCUT2D eigenvalue weighted by molar-refractivity contribution is 0.0562. The van der Waals surface area contributed by atoms with Crippen molar-refractivity contribution in [2.24, 2.45) is 0 Å². The molecule has 142 valence electrons. The van der Waals surface area contributed by atoms with Gasteiger partial charge in [-0.1, -0.05) is 12.1 Å². The van der Waals surface area contributed by atoms with Gasteiger partial charge in [0.1, 0.15) is 11.0 Å². The van der Waals surface area contributed by atoms with Gasteiger partial charge < -0.3 is 9.88 Å². The molecule has 10 heteroatoms. The standard InChI is InChI=1S/C18H14F2N6OS/c19-18(20)26-8-10(7-23-26)17(27)25-6-5-12-14(22-9-21-12)15(25)16-24-11-3-1-2-4-13(11)28-16/h1-4,7-9,15,18H,5-6H2,(H,21,22)/t15-/m0/s1. The van der Waals surface area contributed by atoms with Crippen LogP contribution < -0.4 is 0 Å². The smallest absolute Gasteiger partial charge is 0.333 e. The molecule has 0 saturated carbocycles. The number of aromatic nitrogens is 5. The molecule has 1 aliphatic heterocycles. The number of H-pyrrole nitrogens is 1. The molecule has 4 aromatic rings. The molecule has 4 heterocycles. The Kier molecular flexibility index (Phi) is 3.93. The van der Waals surface area contributed by atoms with E-state index >= 15 is 0 Å². The summed E-state index contributed by atoms with van der Waals surface area (Å²) in [4.78, 5) is 27.0. The van der Waals surface area contributed by atoms with Gasteiger partial charge in [-0.3, -0.25) is 4.79 Å². The Labute approximate surface area is 161 Å². The van der Waals surface area contributed by atoms with Crippen molar-refractivity contribution >= 4 is 27.5 Å². The average Bonchev–Trinajstić information content (AvgIpc) is 3.44. The minimum absolute atomic E-state index is 0.116. The van der Waals surface area contributed by atoms with Crippen molar-refractivity contribution < 1.29 is 13.6 Å². The first-order valence-electron chi connectivity index (χ1n) is 8.62. The molecule has 0 spiro atoms. The van der Waals surface area contributed by atoms with Crippen LogP contribution in [0, 0.1) is 0 Å². The third kappa shape index (κ3) is 2.68. The molecule has 1 aliphatic rings. The number of aromatic amines is 1. The number of hydrogen-bond donors (Lipinski definition) is 1. The molecule has 28 heavy (non-hydrogen) atoms. The molecular weight excluding hydrogens is 386 g/mol. The lowest BCUT2D eigenvalue weighted by atomic mass is 10.0. The predicted octanol–water partition coefficient (Wildman–Crippen LogP) is 3.40. The Morgan fingerprint density at radius 3 is 2.96 bits per heavy atom. The maximum atomic E-state index is 13.1. The molecule has 0 radical (unpaired) electrons. The number of fused-ring (bicyclic) bond motifs is 2. The van der Waals surface area contributed by atoms with Crippen molar-refractivity contribution in [3.63, 3.8) is 0 Å². The average molecular weight is 400 g/mol. The van der Waals surface area contributed by atoms with E-state index < -0.39 is 12.6 Å². The number of nitrogens with zero attached hydrogens (tertiary/aromatic N) is 5. The van der Waals surface area contributed by atoms with Crippen LogP contribution in [-0.4, -0.2) is 42.1 Å². The van der Waals surface area contributed by atoms with Gasteiger partial charge in [-0.25, -0.2) is 14.6 Å². The van der Waals surface area contributed by atoms with Crippen molar-refractivity contribution in [3.8, 4) is 0 Å². The minimum Gasteiger partial charge on any atom is -0.348 e. The fourth-order valence-corrected chi connectivity index (χ4v) is 4.56. The number of carbonyl (C=O) groups excluding carboxylic acids is 1. The van der Waals surface area contributed by atoms with Crippen molar-refractivity contribution in [1.82, 2.24) is 29.6 Å². The van der Waals surface area contributed by atoms with Gasteiger partial charge >= 0.3 is 6.55 Å². The number of thiazole rings is 1. The summed E-state index contributed by atoms with van der Waals surface area (Å²) in [6.45, 7) is -2.37. The molecular formula is C18H14F2N6OS. The number of rotatable bonds is 3. The van der Waals surface area contributed by atoms with E-state index in [1.54, 1.807) is 11.2 Å². The fourth-order valence-electron chi connectivity index (χ4n) is 3.47. The van der Waals surface area contributed by atoms with E-state index in [4.69, 9.17) is 4.98 Å². The monoisotopic (exact) mass is 400 g/mol. The molecule has 0 saturated heterocycles. The second-order valence-electron chi connectivity index (χ2n) is 6.42. The van der Waals surface area contributed by atoms with Gasteiger partial charge in [-0.05, 0) is 12.1 Å². The van der Waals surface area contributed by atoms with Crippen LogP contribution >= 0.6 is 11.3 Å². The minimum atomic E-state index is -2.79. The van der Waals surface area contributed by atoms with Gasteiger partial charge in [0.15, 0.2) is 0 Å². The van der Waals surface area contributed by atoms with E-state index in [2.05, 4.69) is 15.1 Å². The highest BCUT2D eigenvalue weighted by Gasteiger charge is 2.37. The van der Waals surface area contributed by atoms with Crippen LogP contribution in [0.1, 0.15) is 39.3 Å². The number of alkyl halides is 2. The van der Waals surface area contributed by atoms with Gasteiger partial charge in [0, 0.05) is 24.9 Å². The van der Waals surface area contributed by atoms with E-state index in [1.807, 2.05) is 24.3 Å². The van der Waals surface area contributed by atoms with Crippen molar-refractivity contribution in [2.75, 3.05) is 6.54 Å². The molecule has 0 aliphatic carbocycles. The predicted molar refractivity (Wildman–Crippen MR) is 98.3 cm³/mol. The SMILES string of the molecule is O=C(c1cnn(C(F)F)c1)N1CCc2[nH]cnc2[C@H]1c1nc2ccccc2s1. The highest BCUT2D eigenvalue weighted by molar-refractivity contribution is 7.18. The molecule has 1 amide bonds. The molecule has 0 fully saturated rings. The number of halogens is 2. The summed E-state index contributed by atoms with van der Waals surface area (Å²) in [5.41, 5.74) is 2.66. The lowest BCUT2D eigenvalue weighted by Gasteiger charge is -2.33. The molecule has 1 N–H and O–H groups in total. The molecule has 7 nitrogen and oxygen atoms in total. The number of para-hydroxylation sites is 1.